The quantitative estimate of drug-likeness (QED) is 0.788. The minimum atomic E-state index is -0.501. The van der Waals surface area contributed by atoms with Gasteiger partial charge in [0.15, 0.2) is 0 Å². The summed E-state index contributed by atoms with van der Waals surface area (Å²) < 4.78 is 0. The summed E-state index contributed by atoms with van der Waals surface area (Å²) in [5.74, 6) is 0. The first-order chi connectivity index (χ1) is 8.02. The van der Waals surface area contributed by atoms with Gasteiger partial charge >= 0.3 is 0 Å². The van der Waals surface area contributed by atoms with E-state index in [1.807, 2.05) is 12.1 Å². The SMILES string of the molecule is CC1=C(C(O)c2cccnc2)C(C)(C)CCC1. The summed E-state index contributed by atoms with van der Waals surface area (Å²) in [6.07, 6.45) is 6.48. The molecule has 2 rings (SSSR count). The highest BCUT2D eigenvalue weighted by Crippen LogP contribution is 2.45. The van der Waals surface area contributed by atoms with E-state index in [-0.39, 0.29) is 5.41 Å². The molecule has 0 spiro atoms. The number of allylic oxidation sites excluding steroid dienone is 1. The highest BCUT2D eigenvalue weighted by Gasteiger charge is 2.33. The first kappa shape index (κ1) is 12.3. The summed E-state index contributed by atoms with van der Waals surface area (Å²) in [5, 5.41) is 10.6. The van der Waals surface area contributed by atoms with Crippen molar-refractivity contribution in [1.29, 1.82) is 0 Å². The number of aliphatic hydroxyl groups excluding tert-OH is 1. The normalized spacial score (nSPS) is 21.4. The Morgan fingerprint density at radius 3 is 2.76 bits per heavy atom. The highest BCUT2D eigenvalue weighted by atomic mass is 16.3. The molecule has 0 bridgehead atoms. The van der Waals surface area contributed by atoms with E-state index in [4.69, 9.17) is 0 Å². The lowest BCUT2D eigenvalue weighted by atomic mass is 9.70. The molecule has 2 nitrogen and oxygen atoms in total. The van der Waals surface area contributed by atoms with Crippen molar-refractivity contribution in [2.24, 2.45) is 5.41 Å². The smallest absolute Gasteiger partial charge is 0.102 e. The Hall–Kier alpha value is -1.15. The summed E-state index contributed by atoms with van der Waals surface area (Å²) in [4.78, 5) is 4.09. The van der Waals surface area contributed by atoms with Crippen molar-refractivity contribution in [3.63, 3.8) is 0 Å². The van der Waals surface area contributed by atoms with Crippen LogP contribution in [-0.4, -0.2) is 10.1 Å². The van der Waals surface area contributed by atoms with Gasteiger partial charge in [-0.25, -0.2) is 0 Å². The van der Waals surface area contributed by atoms with E-state index in [0.29, 0.717) is 0 Å². The van der Waals surface area contributed by atoms with E-state index < -0.39 is 6.10 Å². The lowest BCUT2D eigenvalue weighted by Crippen LogP contribution is -2.25. The first-order valence-corrected chi connectivity index (χ1v) is 6.30. The van der Waals surface area contributed by atoms with Gasteiger partial charge in [-0.3, -0.25) is 4.98 Å². The highest BCUT2D eigenvalue weighted by molar-refractivity contribution is 5.32. The zero-order chi connectivity index (χ0) is 12.5. The molecule has 1 aromatic rings. The van der Waals surface area contributed by atoms with Gasteiger partial charge in [0, 0.05) is 18.0 Å². The maximum Gasteiger partial charge on any atom is 0.102 e. The topological polar surface area (TPSA) is 33.1 Å². The fourth-order valence-electron chi connectivity index (χ4n) is 2.95. The lowest BCUT2D eigenvalue weighted by Gasteiger charge is -2.37. The molecule has 0 amide bonds. The Labute approximate surface area is 103 Å². The Bertz CT molecular complexity index is 420. The van der Waals surface area contributed by atoms with Crippen molar-refractivity contribution >= 4 is 0 Å². The third-order valence-electron chi connectivity index (χ3n) is 3.82. The van der Waals surface area contributed by atoms with Crippen LogP contribution in [0.5, 0.6) is 0 Å². The van der Waals surface area contributed by atoms with Crippen molar-refractivity contribution in [2.75, 3.05) is 0 Å². The van der Waals surface area contributed by atoms with Crippen LogP contribution in [0, 0.1) is 5.41 Å². The van der Waals surface area contributed by atoms with Gasteiger partial charge in [-0.1, -0.05) is 25.5 Å². The van der Waals surface area contributed by atoms with E-state index in [1.165, 1.54) is 17.6 Å². The minimum absolute atomic E-state index is 0.0948. The zero-order valence-electron chi connectivity index (χ0n) is 10.9. The van der Waals surface area contributed by atoms with Crippen LogP contribution in [0.25, 0.3) is 0 Å². The molecule has 1 N–H and O–H groups in total. The average Bonchev–Trinajstić information content (AvgIpc) is 2.28. The molecular weight excluding hydrogens is 210 g/mol. The van der Waals surface area contributed by atoms with Gasteiger partial charge in [0.25, 0.3) is 0 Å². The van der Waals surface area contributed by atoms with E-state index in [1.54, 1.807) is 12.4 Å². The Balaban J connectivity index is 2.38. The molecule has 1 atom stereocenters. The van der Waals surface area contributed by atoms with Crippen LogP contribution in [0.3, 0.4) is 0 Å². The van der Waals surface area contributed by atoms with Gasteiger partial charge in [-0.2, -0.15) is 0 Å². The second kappa shape index (κ2) is 4.61. The number of pyridine rings is 1. The van der Waals surface area contributed by atoms with Crippen molar-refractivity contribution < 1.29 is 5.11 Å². The fraction of sp³-hybridized carbons (Fsp3) is 0.533. The van der Waals surface area contributed by atoms with Crippen molar-refractivity contribution in [3.05, 3.63) is 41.2 Å². The summed E-state index contributed by atoms with van der Waals surface area (Å²) in [6.45, 7) is 6.60. The van der Waals surface area contributed by atoms with Gasteiger partial charge in [0.05, 0.1) is 0 Å². The number of hydrogen-bond donors (Lipinski definition) is 1. The zero-order valence-corrected chi connectivity index (χ0v) is 10.9. The van der Waals surface area contributed by atoms with Crippen LogP contribution >= 0.6 is 0 Å². The molecule has 1 aliphatic rings. The summed E-state index contributed by atoms with van der Waals surface area (Å²) >= 11 is 0. The Morgan fingerprint density at radius 1 is 1.41 bits per heavy atom. The molecule has 2 heteroatoms. The third-order valence-corrected chi connectivity index (χ3v) is 3.82. The van der Waals surface area contributed by atoms with E-state index in [9.17, 15) is 5.11 Å². The van der Waals surface area contributed by atoms with Crippen molar-refractivity contribution in [3.8, 4) is 0 Å². The summed E-state index contributed by atoms with van der Waals surface area (Å²) in [7, 11) is 0. The maximum absolute atomic E-state index is 10.6. The minimum Gasteiger partial charge on any atom is -0.384 e. The number of hydrogen-bond acceptors (Lipinski definition) is 2. The fourth-order valence-corrected chi connectivity index (χ4v) is 2.95. The first-order valence-electron chi connectivity index (χ1n) is 6.30. The molecule has 1 aromatic heterocycles. The molecule has 0 saturated heterocycles. The number of rotatable bonds is 2. The number of aliphatic hydroxyl groups is 1. The number of nitrogens with zero attached hydrogens (tertiary/aromatic N) is 1. The van der Waals surface area contributed by atoms with Gasteiger partial charge in [0.1, 0.15) is 6.10 Å². The van der Waals surface area contributed by atoms with Crippen LogP contribution < -0.4 is 0 Å². The van der Waals surface area contributed by atoms with Crippen LogP contribution in [-0.2, 0) is 0 Å². The maximum atomic E-state index is 10.6. The van der Waals surface area contributed by atoms with Crippen molar-refractivity contribution in [2.45, 2.75) is 46.1 Å². The van der Waals surface area contributed by atoms with Gasteiger partial charge in [-0.15, -0.1) is 0 Å². The molecule has 0 saturated carbocycles. The molecule has 0 aliphatic heterocycles. The van der Waals surface area contributed by atoms with E-state index in [0.717, 1.165) is 18.4 Å². The van der Waals surface area contributed by atoms with E-state index >= 15 is 0 Å². The largest absolute Gasteiger partial charge is 0.384 e. The van der Waals surface area contributed by atoms with Gasteiger partial charge in [-0.05, 0) is 43.2 Å². The van der Waals surface area contributed by atoms with Gasteiger partial charge in [0.2, 0.25) is 0 Å². The van der Waals surface area contributed by atoms with E-state index in [2.05, 4.69) is 25.8 Å². The summed E-state index contributed by atoms with van der Waals surface area (Å²) in [5.41, 5.74) is 3.53. The average molecular weight is 231 g/mol. The lowest BCUT2D eigenvalue weighted by molar-refractivity contribution is 0.170. The molecule has 1 unspecified atom stereocenters. The van der Waals surface area contributed by atoms with Gasteiger partial charge < -0.3 is 5.11 Å². The summed E-state index contributed by atoms with van der Waals surface area (Å²) in [6, 6.07) is 3.83. The Kier molecular flexibility index (Phi) is 3.34. The second-order valence-corrected chi connectivity index (χ2v) is 5.62. The predicted octanol–water partition coefficient (Wildman–Crippen LogP) is 3.64. The number of aromatic nitrogens is 1. The van der Waals surface area contributed by atoms with Crippen LogP contribution in [0.2, 0.25) is 0 Å². The van der Waals surface area contributed by atoms with Crippen LogP contribution in [0.1, 0.15) is 51.7 Å². The molecule has 0 aromatic carbocycles. The molecule has 1 heterocycles. The second-order valence-electron chi connectivity index (χ2n) is 5.62. The molecular formula is C15H21NO. The molecule has 1 aliphatic carbocycles. The molecule has 92 valence electrons. The van der Waals surface area contributed by atoms with Crippen LogP contribution in [0.4, 0.5) is 0 Å². The standard InChI is InChI=1S/C15H21NO/c1-11-6-4-8-15(2,3)13(11)14(17)12-7-5-9-16-10-12/h5,7,9-10,14,17H,4,6,8H2,1-3H3. The monoisotopic (exact) mass is 231 g/mol. The predicted molar refractivity (Wildman–Crippen MR) is 69.5 cm³/mol. The Morgan fingerprint density at radius 2 is 2.18 bits per heavy atom. The molecule has 0 fully saturated rings. The molecule has 17 heavy (non-hydrogen) atoms. The molecule has 0 radical (unpaired) electrons. The van der Waals surface area contributed by atoms with Crippen LogP contribution in [0.15, 0.2) is 35.7 Å². The third kappa shape index (κ3) is 2.42. The van der Waals surface area contributed by atoms with Crippen molar-refractivity contribution in [1.82, 2.24) is 4.98 Å².